The van der Waals surface area contributed by atoms with Gasteiger partial charge in [0, 0.05) is 24.9 Å². The van der Waals surface area contributed by atoms with Crippen LogP contribution in [-0.4, -0.2) is 85.5 Å². The van der Waals surface area contributed by atoms with Crippen molar-refractivity contribution in [3.05, 3.63) is 18.2 Å². The van der Waals surface area contributed by atoms with E-state index in [4.69, 9.17) is 15.9 Å². The van der Waals surface area contributed by atoms with Crippen LogP contribution < -0.4 is 16.4 Å². The zero-order chi connectivity index (χ0) is 23.1. The Hall–Kier alpha value is -3.48. The number of imidazole rings is 1. The zero-order valence-corrected chi connectivity index (χ0v) is 16.9. The maximum absolute atomic E-state index is 13.2. The van der Waals surface area contributed by atoms with Crippen molar-refractivity contribution in [1.29, 1.82) is 0 Å². The van der Waals surface area contributed by atoms with E-state index in [9.17, 15) is 24.0 Å². The summed E-state index contributed by atoms with van der Waals surface area (Å²) in [5.74, 6) is -4.45. The Labute approximate surface area is 177 Å². The van der Waals surface area contributed by atoms with Crippen LogP contribution in [0.1, 0.15) is 31.9 Å². The molecule has 0 bridgehead atoms. The molecule has 2 rings (SSSR count). The standard InChI is InChI=1S/C18H26N6O7/c1-9(18(30)31)22-16(28)13-3-2-4-24(13)17(29)12(5-10-7-20-8-21-10)23-15(27)11(19)6-14(25)26/h7-9,11-13H,2-6,19H2,1H3,(H,20,21)(H,22,28)(H,23,27)(H,25,26)(H,30,31). The molecule has 0 aromatic carbocycles. The fraction of sp³-hybridized carbons (Fsp3) is 0.556. The highest BCUT2D eigenvalue weighted by Gasteiger charge is 2.39. The average Bonchev–Trinajstić information content (AvgIpc) is 3.37. The number of nitrogens with zero attached hydrogens (tertiary/aromatic N) is 2. The summed E-state index contributed by atoms with van der Waals surface area (Å²) in [6, 6.07) is -4.50. The highest BCUT2D eigenvalue weighted by molar-refractivity contribution is 5.95. The fourth-order valence-electron chi connectivity index (χ4n) is 3.25. The first kappa shape index (κ1) is 23.8. The van der Waals surface area contributed by atoms with Crippen molar-refractivity contribution in [3.63, 3.8) is 0 Å². The number of rotatable bonds is 10. The van der Waals surface area contributed by atoms with Gasteiger partial charge in [0.05, 0.1) is 18.8 Å². The number of nitrogens with one attached hydrogen (secondary N) is 3. The normalized spacial score (nSPS) is 18.6. The van der Waals surface area contributed by atoms with Gasteiger partial charge in [-0.1, -0.05) is 0 Å². The number of nitrogens with two attached hydrogens (primary N) is 1. The first-order chi connectivity index (χ1) is 14.6. The van der Waals surface area contributed by atoms with Crippen LogP contribution in [0.5, 0.6) is 0 Å². The van der Waals surface area contributed by atoms with E-state index in [1.807, 2.05) is 0 Å². The smallest absolute Gasteiger partial charge is 0.325 e. The summed E-state index contributed by atoms with van der Waals surface area (Å²) in [5, 5.41) is 22.6. The molecule has 1 aliphatic heterocycles. The summed E-state index contributed by atoms with van der Waals surface area (Å²) in [7, 11) is 0. The molecule has 1 aliphatic rings. The number of aromatic amines is 1. The number of hydrogen-bond donors (Lipinski definition) is 6. The predicted octanol–water partition coefficient (Wildman–Crippen LogP) is -2.18. The molecule has 1 aromatic heterocycles. The predicted molar refractivity (Wildman–Crippen MR) is 104 cm³/mol. The quantitative estimate of drug-likeness (QED) is 0.234. The second kappa shape index (κ2) is 10.5. The van der Waals surface area contributed by atoms with Crippen molar-refractivity contribution in [1.82, 2.24) is 25.5 Å². The molecule has 1 saturated heterocycles. The molecule has 0 aliphatic carbocycles. The summed E-state index contributed by atoms with van der Waals surface area (Å²) < 4.78 is 0. The van der Waals surface area contributed by atoms with Gasteiger partial charge in [0.15, 0.2) is 0 Å². The van der Waals surface area contributed by atoms with E-state index in [2.05, 4.69) is 20.6 Å². The number of H-pyrrole nitrogens is 1. The molecule has 1 aromatic rings. The lowest BCUT2D eigenvalue weighted by Crippen LogP contribution is -2.57. The van der Waals surface area contributed by atoms with Crippen LogP contribution in [0.25, 0.3) is 0 Å². The first-order valence-electron chi connectivity index (χ1n) is 9.68. The van der Waals surface area contributed by atoms with Crippen LogP contribution in [0.4, 0.5) is 0 Å². The highest BCUT2D eigenvalue weighted by atomic mass is 16.4. The van der Waals surface area contributed by atoms with E-state index >= 15 is 0 Å². The van der Waals surface area contributed by atoms with Gasteiger partial charge in [-0.3, -0.25) is 24.0 Å². The van der Waals surface area contributed by atoms with Crippen molar-refractivity contribution >= 4 is 29.7 Å². The fourth-order valence-corrected chi connectivity index (χ4v) is 3.25. The van der Waals surface area contributed by atoms with Crippen molar-refractivity contribution < 1.29 is 34.2 Å². The molecule has 31 heavy (non-hydrogen) atoms. The number of amides is 3. The maximum atomic E-state index is 13.2. The Bertz CT molecular complexity index is 827. The lowest BCUT2D eigenvalue weighted by Gasteiger charge is -2.29. The summed E-state index contributed by atoms with van der Waals surface area (Å²) in [5.41, 5.74) is 6.13. The van der Waals surface area contributed by atoms with Gasteiger partial charge < -0.3 is 36.5 Å². The maximum Gasteiger partial charge on any atom is 0.325 e. The third-order valence-electron chi connectivity index (χ3n) is 4.89. The number of carboxylic acids is 2. The molecule has 4 atom stereocenters. The minimum Gasteiger partial charge on any atom is -0.481 e. The molecule has 4 unspecified atom stereocenters. The lowest BCUT2D eigenvalue weighted by molar-refractivity contribution is -0.144. The highest BCUT2D eigenvalue weighted by Crippen LogP contribution is 2.20. The Morgan fingerprint density at radius 3 is 2.58 bits per heavy atom. The molecular weight excluding hydrogens is 412 g/mol. The molecule has 7 N–H and O–H groups in total. The summed E-state index contributed by atoms with van der Waals surface area (Å²) >= 11 is 0. The summed E-state index contributed by atoms with van der Waals surface area (Å²) in [6.07, 6.45) is 3.13. The van der Waals surface area contributed by atoms with Gasteiger partial charge >= 0.3 is 11.9 Å². The van der Waals surface area contributed by atoms with Gasteiger partial charge in [-0.2, -0.15) is 0 Å². The van der Waals surface area contributed by atoms with Crippen LogP contribution in [0.3, 0.4) is 0 Å². The van der Waals surface area contributed by atoms with E-state index in [0.717, 1.165) is 0 Å². The SMILES string of the molecule is CC(NC(=O)C1CCCN1C(=O)C(Cc1cnc[nH]1)NC(=O)C(N)CC(=O)O)C(=O)O. The molecule has 2 heterocycles. The van der Waals surface area contributed by atoms with Gasteiger partial charge in [-0.25, -0.2) is 4.98 Å². The molecule has 13 nitrogen and oxygen atoms in total. The van der Waals surface area contributed by atoms with Crippen molar-refractivity contribution in [2.24, 2.45) is 5.73 Å². The Kier molecular flexibility index (Phi) is 8.07. The monoisotopic (exact) mass is 438 g/mol. The van der Waals surface area contributed by atoms with E-state index < -0.39 is 60.2 Å². The van der Waals surface area contributed by atoms with Gasteiger partial charge in [0.25, 0.3) is 0 Å². The molecule has 0 saturated carbocycles. The number of aromatic nitrogens is 2. The van der Waals surface area contributed by atoms with Crippen molar-refractivity contribution in [2.75, 3.05) is 6.54 Å². The van der Waals surface area contributed by atoms with E-state index in [-0.39, 0.29) is 13.0 Å². The van der Waals surface area contributed by atoms with Crippen LogP contribution in [0.2, 0.25) is 0 Å². The van der Waals surface area contributed by atoms with E-state index in [0.29, 0.717) is 18.5 Å². The number of likely N-dealkylation sites (tertiary alicyclic amines) is 1. The van der Waals surface area contributed by atoms with Crippen LogP contribution >= 0.6 is 0 Å². The number of carboxylic acid groups (broad SMARTS) is 2. The van der Waals surface area contributed by atoms with Crippen LogP contribution in [-0.2, 0) is 30.4 Å². The molecular formula is C18H26N6O7. The van der Waals surface area contributed by atoms with E-state index in [1.54, 1.807) is 0 Å². The molecule has 0 spiro atoms. The number of carbonyl (C=O) groups excluding carboxylic acids is 3. The molecule has 1 fully saturated rings. The Balaban J connectivity index is 2.16. The minimum atomic E-state index is -1.36. The third-order valence-corrected chi connectivity index (χ3v) is 4.89. The molecule has 170 valence electrons. The largest absolute Gasteiger partial charge is 0.481 e. The minimum absolute atomic E-state index is 0.0146. The van der Waals surface area contributed by atoms with E-state index in [1.165, 1.54) is 24.3 Å². The Morgan fingerprint density at radius 1 is 1.29 bits per heavy atom. The summed E-state index contributed by atoms with van der Waals surface area (Å²) in [4.78, 5) is 67.8. The first-order valence-corrected chi connectivity index (χ1v) is 9.68. The number of hydrogen-bond acceptors (Lipinski definition) is 7. The van der Waals surface area contributed by atoms with Gasteiger partial charge in [-0.05, 0) is 19.8 Å². The molecule has 13 heteroatoms. The second-order valence-corrected chi connectivity index (χ2v) is 7.30. The van der Waals surface area contributed by atoms with Crippen molar-refractivity contribution in [3.8, 4) is 0 Å². The number of carbonyl (C=O) groups is 5. The third kappa shape index (κ3) is 6.50. The average molecular weight is 438 g/mol. The van der Waals surface area contributed by atoms with Crippen molar-refractivity contribution in [2.45, 2.75) is 56.8 Å². The zero-order valence-electron chi connectivity index (χ0n) is 16.9. The Morgan fingerprint density at radius 2 is 2.00 bits per heavy atom. The topological polar surface area (TPSA) is 208 Å². The summed E-state index contributed by atoms with van der Waals surface area (Å²) in [6.45, 7) is 1.56. The molecule has 3 amide bonds. The van der Waals surface area contributed by atoms with Gasteiger partial charge in [-0.15, -0.1) is 0 Å². The second-order valence-electron chi connectivity index (χ2n) is 7.30. The van der Waals surface area contributed by atoms with Crippen LogP contribution in [0, 0.1) is 0 Å². The van der Waals surface area contributed by atoms with Crippen LogP contribution in [0.15, 0.2) is 12.5 Å². The molecule has 0 radical (unpaired) electrons. The van der Waals surface area contributed by atoms with Gasteiger partial charge in [0.1, 0.15) is 18.1 Å². The lowest BCUT2D eigenvalue weighted by atomic mass is 10.1. The number of aliphatic carboxylic acids is 2. The van der Waals surface area contributed by atoms with Gasteiger partial charge in [0.2, 0.25) is 17.7 Å².